The number of aromatic hydroxyl groups is 1. The highest BCUT2D eigenvalue weighted by atomic mass is 16.5. The molecule has 36 heavy (non-hydrogen) atoms. The van der Waals surface area contributed by atoms with E-state index >= 15 is 0 Å². The summed E-state index contributed by atoms with van der Waals surface area (Å²) in [6.45, 7) is 5.81. The molecule has 0 saturated carbocycles. The highest BCUT2D eigenvalue weighted by molar-refractivity contribution is 6.07. The predicted octanol–water partition coefficient (Wildman–Crippen LogP) is 4.77. The van der Waals surface area contributed by atoms with Crippen molar-refractivity contribution >= 4 is 28.8 Å². The fraction of sp³-hybridized carbons (Fsp3) is 0.286. The lowest BCUT2D eigenvalue weighted by Gasteiger charge is -2.24. The summed E-state index contributed by atoms with van der Waals surface area (Å²) in [4.78, 5) is 17.4. The van der Waals surface area contributed by atoms with Crippen LogP contribution in [0.1, 0.15) is 29.3 Å². The number of anilines is 3. The molecule has 8 nitrogen and oxygen atoms in total. The first kappa shape index (κ1) is 24.9. The second-order valence-electron chi connectivity index (χ2n) is 8.82. The molecule has 8 heteroatoms. The number of amides is 1. The van der Waals surface area contributed by atoms with E-state index in [4.69, 9.17) is 10.1 Å². The molecule has 3 aromatic carbocycles. The summed E-state index contributed by atoms with van der Waals surface area (Å²) in [7, 11) is 1.63. The Morgan fingerprint density at radius 2 is 1.75 bits per heavy atom. The van der Waals surface area contributed by atoms with Crippen LogP contribution >= 0.6 is 0 Å². The molecule has 0 atom stereocenters. The highest BCUT2D eigenvalue weighted by Crippen LogP contribution is 2.32. The molecule has 1 aliphatic heterocycles. The maximum atomic E-state index is 13.0. The van der Waals surface area contributed by atoms with E-state index in [2.05, 4.69) is 20.4 Å². The minimum atomic E-state index is -0.294. The maximum Gasteiger partial charge on any atom is 0.255 e. The summed E-state index contributed by atoms with van der Waals surface area (Å²) in [6.07, 6.45) is 0.984. The first-order chi connectivity index (χ1) is 17.4. The Hall–Kier alpha value is -4.20. The summed E-state index contributed by atoms with van der Waals surface area (Å²) in [5.41, 5.74) is 3.58. The van der Waals surface area contributed by atoms with Crippen molar-refractivity contribution in [2.75, 3.05) is 48.8 Å². The third-order valence-electron chi connectivity index (χ3n) is 6.39. The van der Waals surface area contributed by atoms with Gasteiger partial charge in [0.25, 0.3) is 5.91 Å². The van der Waals surface area contributed by atoms with Crippen LogP contribution in [-0.4, -0.2) is 55.0 Å². The van der Waals surface area contributed by atoms with Crippen LogP contribution in [-0.2, 0) is 6.54 Å². The molecule has 1 fully saturated rings. The number of phenolic OH excluding ortho intramolecular Hbond substituents is 1. The van der Waals surface area contributed by atoms with Gasteiger partial charge in [0.2, 0.25) is 0 Å². The van der Waals surface area contributed by atoms with Crippen molar-refractivity contribution in [2.45, 2.75) is 19.9 Å². The maximum absolute atomic E-state index is 13.0. The van der Waals surface area contributed by atoms with Crippen molar-refractivity contribution in [3.63, 3.8) is 0 Å². The molecule has 0 bridgehead atoms. The van der Waals surface area contributed by atoms with Crippen LogP contribution in [0.5, 0.6) is 11.5 Å². The molecular formula is C28H33N5O3. The van der Waals surface area contributed by atoms with Crippen LogP contribution in [0, 0.1) is 5.41 Å². The van der Waals surface area contributed by atoms with E-state index in [0.29, 0.717) is 29.3 Å². The monoisotopic (exact) mass is 487 g/mol. The summed E-state index contributed by atoms with van der Waals surface area (Å²) in [5.74, 6) is 1.09. The van der Waals surface area contributed by atoms with Crippen molar-refractivity contribution in [2.24, 2.45) is 0 Å². The van der Waals surface area contributed by atoms with Crippen molar-refractivity contribution in [1.29, 1.82) is 5.41 Å². The van der Waals surface area contributed by atoms with Crippen LogP contribution in [0.2, 0.25) is 0 Å². The van der Waals surface area contributed by atoms with Gasteiger partial charge in [-0.05, 0) is 67.4 Å². The van der Waals surface area contributed by atoms with E-state index in [1.807, 2.05) is 49.4 Å². The third-order valence-corrected chi connectivity index (χ3v) is 6.39. The number of amidine groups is 1. The number of nitrogens with one attached hydrogen (secondary N) is 3. The van der Waals surface area contributed by atoms with Gasteiger partial charge in [0.15, 0.2) is 0 Å². The van der Waals surface area contributed by atoms with Gasteiger partial charge in [-0.3, -0.25) is 10.2 Å². The first-order valence-electron chi connectivity index (χ1n) is 12.1. The molecule has 0 unspecified atom stereocenters. The zero-order chi connectivity index (χ0) is 25.5. The molecule has 4 rings (SSSR count). The van der Waals surface area contributed by atoms with Crippen LogP contribution in [0.3, 0.4) is 0 Å². The van der Waals surface area contributed by atoms with Gasteiger partial charge in [0.1, 0.15) is 17.2 Å². The van der Waals surface area contributed by atoms with Gasteiger partial charge in [-0.15, -0.1) is 0 Å². The molecule has 4 N–H and O–H groups in total. The molecule has 1 amide bonds. The number of carbonyl (C=O) groups excluding carboxylic acids is 1. The lowest BCUT2D eigenvalue weighted by Crippen LogP contribution is -2.33. The molecule has 1 heterocycles. The zero-order valence-corrected chi connectivity index (χ0v) is 20.8. The molecule has 0 aromatic heterocycles. The molecule has 1 aliphatic rings. The second kappa shape index (κ2) is 11.5. The number of rotatable bonds is 7. The number of ether oxygens (including phenoxy) is 1. The fourth-order valence-corrected chi connectivity index (χ4v) is 4.28. The van der Waals surface area contributed by atoms with Crippen molar-refractivity contribution in [3.8, 4) is 11.5 Å². The van der Waals surface area contributed by atoms with E-state index in [1.54, 1.807) is 31.4 Å². The van der Waals surface area contributed by atoms with E-state index in [9.17, 15) is 9.90 Å². The number of phenols is 1. The molecular weight excluding hydrogens is 454 g/mol. The minimum Gasteiger partial charge on any atom is -0.506 e. The Morgan fingerprint density at radius 1 is 1.00 bits per heavy atom. The summed E-state index contributed by atoms with van der Waals surface area (Å²) in [6, 6.07) is 20.3. The second-order valence-corrected chi connectivity index (χ2v) is 8.82. The van der Waals surface area contributed by atoms with Crippen LogP contribution in [0.4, 0.5) is 17.1 Å². The Morgan fingerprint density at radius 3 is 2.44 bits per heavy atom. The smallest absolute Gasteiger partial charge is 0.255 e. The number of nitrogens with zero attached hydrogens (tertiary/aromatic N) is 2. The van der Waals surface area contributed by atoms with E-state index in [-0.39, 0.29) is 11.7 Å². The fourth-order valence-electron chi connectivity index (χ4n) is 4.28. The number of carbonyl (C=O) groups is 1. The zero-order valence-electron chi connectivity index (χ0n) is 20.8. The van der Waals surface area contributed by atoms with Gasteiger partial charge < -0.3 is 30.3 Å². The normalized spacial score (nSPS) is 13.6. The van der Waals surface area contributed by atoms with Gasteiger partial charge in [0.05, 0.1) is 18.6 Å². The lowest BCUT2D eigenvalue weighted by molar-refractivity contribution is 0.102. The van der Waals surface area contributed by atoms with E-state index < -0.39 is 0 Å². The lowest BCUT2D eigenvalue weighted by atomic mass is 10.1. The third kappa shape index (κ3) is 6.07. The van der Waals surface area contributed by atoms with Gasteiger partial charge >= 0.3 is 0 Å². The quantitative estimate of drug-likeness (QED) is 0.218. The standard InChI is InChI=1S/C28H33N5O3/c1-20(29)32-15-4-16-33(18-17-32)23-11-9-22(10-12-23)28(35)31-27-25(5-3-6-26(27)34)30-19-21-7-13-24(36-2)14-8-21/h3,5-14,29-30,34H,4,15-19H2,1-2H3,(H,31,35). The summed E-state index contributed by atoms with van der Waals surface area (Å²) >= 11 is 0. The molecule has 188 valence electrons. The number of benzene rings is 3. The average molecular weight is 488 g/mol. The van der Waals surface area contributed by atoms with Crippen molar-refractivity contribution in [3.05, 3.63) is 77.9 Å². The topological polar surface area (TPSA) is 101 Å². The molecule has 3 aromatic rings. The van der Waals surface area contributed by atoms with Crippen LogP contribution in [0.15, 0.2) is 66.7 Å². The molecule has 1 saturated heterocycles. The first-order valence-corrected chi connectivity index (χ1v) is 12.1. The predicted molar refractivity (Wildman–Crippen MR) is 145 cm³/mol. The Kier molecular flexibility index (Phi) is 7.95. The van der Waals surface area contributed by atoms with Gasteiger partial charge in [-0.1, -0.05) is 18.2 Å². The minimum absolute atomic E-state index is 0.00434. The number of para-hydroxylation sites is 1. The van der Waals surface area contributed by atoms with E-state index in [1.165, 1.54) is 0 Å². The van der Waals surface area contributed by atoms with Gasteiger partial charge in [0, 0.05) is 44.0 Å². The van der Waals surface area contributed by atoms with Gasteiger partial charge in [-0.2, -0.15) is 0 Å². The van der Waals surface area contributed by atoms with Crippen molar-refractivity contribution in [1.82, 2.24) is 4.90 Å². The number of methoxy groups -OCH3 is 1. The summed E-state index contributed by atoms with van der Waals surface area (Å²) < 4.78 is 5.20. The van der Waals surface area contributed by atoms with E-state index in [0.717, 1.165) is 49.6 Å². The molecule has 0 radical (unpaired) electrons. The van der Waals surface area contributed by atoms with Crippen LogP contribution in [0.25, 0.3) is 0 Å². The Labute approximate surface area is 212 Å². The highest BCUT2D eigenvalue weighted by Gasteiger charge is 2.17. The number of hydrogen-bond acceptors (Lipinski definition) is 6. The largest absolute Gasteiger partial charge is 0.506 e. The Balaban J connectivity index is 1.41. The number of hydrogen-bond donors (Lipinski definition) is 4. The van der Waals surface area contributed by atoms with Gasteiger partial charge in [-0.25, -0.2) is 0 Å². The van der Waals surface area contributed by atoms with Crippen molar-refractivity contribution < 1.29 is 14.6 Å². The molecule has 0 aliphatic carbocycles. The summed E-state index contributed by atoms with van der Waals surface area (Å²) in [5, 5.41) is 24.5. The average Bonchev–Trinajstić information content (AvgIpc) is 3.16. The SMILES string of the molecule is COc1ccc(CNc2cccc(O)c2NC(=O)c2ccc(N3CCCN(C(C)=N)CC3)cc2)cc1. The molecule has 0 spiro atoms. The Bertz CT molecular complexity index is 1190. The van der Waals surface area contributed by atoms with Crippen LogP contribution < -0.4 is 20.3 Å².